The SMILES string of the molecule is Cc1c(C(=O)N2CCc3c(cnn3C(C)(C)C)C2)cccc1[N+](=O)[O-]. The van der Waals surface area contributed by atoms with Crippen molar-refractivity contribution in [2.45, 2.75) is 46.2 Å². The lowest BCUT2D eigenvalue weighted by Gasteiger charge is -2.30. The highest BCUT2D eigenvalue weighted by Gasteiger charge is 2.29. The maximum atomic E-state index is 12.9. The number of nitrogens with zero attached hydrogens (tertiary/aromatic N) is 4. The first-order valence-electron chi connectivity index (χ1n) is 8.29. The minimum absolute atomic E-state index is 0.0240. The van der Waals surface area contributed by atoms with Crippen LogP contribution >= 0.6 is 0 Å². The van der Waals surface area contributed by atoms with Crippen LogP contribution in [0.25, 0.3) is 0 Å². The van der Waals surface area contributed by atoms with Crippen molar-refractivity contribution >= 4 is 11.6 Å². The van der Waals surface area contributed by atoms with Gasteiger partial charge in [0.15, 0.2) is 0 Å². The van der Waals surface area contributed by atoms with Gasteiger partial charge in [-0.25, -0.2) is 0 Å². The Balaban J connectivity index is 1.88. The van der Waals surface area contributed by atoms with Crippen molar-refractivity contribution in [1.29, 1.82) is 0 Å². The van der Waals surface area contributed by atoms with Crippen molar-refractivity contribution in [2.75, 3.05) is 6.54 Å². The van der Waals surface area contributed by atoms with Crippen LogP contribution in [0.3, 0.4) is 0 Å². The Kier molecular flexibility index (Phi) is 4.10. The summed E-state index contributed by atoms with van der Waals surface area (Å²) >= 11 is 0. The average molecular weight is 342 g/mol. The molecule has 0 bridgehead atoms. The van der Waals surface area contributed by atoms with E-state index in [0.29, 0.717) is 24.2 Å². The zero-order chi connectivity index (χ0) is 18.4. The molecule has 3 rings (SSSR count). The van der Waals surface area contributed by atoms with Crippen molar-refractivity contribution in [3.05, 3.63) is 56.9 Å². The van der Waals surface area contributed by atoms with Gasteiger partial charge in [-0.2, -0.15) is 5.10 Å². The highest BCUT2D eigenvalue weighted by Crippen LogP contribution is 2.27. The fourth-order valence-corrected chi connectivity index (χ4v) is 3.31. The minimum Gasteiger partial charge on any atom is -0.334 e. The molecule has 7 heteroatoms. The number of rotatable bonds is 2. The Bertz CT molecular complexity index is 848. The Morgan fingerprint density at radius 2 is 2.04 bits per heavy atom. The van der Waals surface area contributed by atoms with Gasteiger partial charge in [-0.15, -0.1) is 0 Å². The van der Waals surface area contributed by atoms with E-state index in [2.05, 4.69) is 25.9 Å². The second-order valence-electron chi connectivity index (χ2n) is 7.38. The lowest BCUT2D eigenvalue weighted by Crippen LogP contribution is -2.38. The normalized spacial score (nSPS) is 14.3. The molecule has 0 unspecified atom stereocenters. The second kappa shape index (κ2) is 5.98. The number of nitro groups is 1. The number of carbonyl (C=O) groups is 1. The summed E-state index contributed by atoms with van der Waals surface area (Å²) in [7, 11) is 0. The molecule has 1 amide bonds. The number of benzene rings is 1. The fourth-order valence-electron chi connectivity index (χ4n) is 3.31. The minimum atomic E-state index is -0.451. The van der Waals surface area contributed by atoms with Crippen LogP contribution in [0, 0.1) is 17.0 Å². The molecule has 0 N–H and O–H groups in total. The molecule has 0 saturated carbocycles. The van der Waals surface area contributed by atoms with Crippen LogP contribution in [0.1, 0.15) is 48.0 Å². The summed E-state index contributed by atoms with van der Waals surface area (Å²) in [6.07, 6.45) is 2.55. The van der Waals surface area contributed by atoms with Crippen molar-refractivity contribution in [1.82, 2.24) is 14.7 Å². The highest BCUT2D eigenvalue weighted by atomic mass is 16.6. The predicted octanol–water partition coefficient (Wildman–Crippen LogP) is 3.05. The van der Waals surface area contributed by atoms with Crippen LogP contribution in [0.5, 0.6) is 0 Å². The lowest BCUT2D eigenvalue weighted by atomic mass is 10.0. The molecule has 0 saturated heterocycles. The van der Waals surface area contributed by atoms with Crippen molar-refractivity contribution in [2.24, 2.45) is 0 Å². The van der Waals surface area contributed by atoms with Gasteiger partial charge < -0.3 is 4.90 Å². The Hall–Kier alpha value is -2.70. The van der Waals surface area contributed by atoms with Gasteiger partial charge in [0.1, 0.15) is 0 Å². The zero-order valence-corrected chi connectivity index (χ0v) is 14.9. The summed E-state index contributed by atoms with van der Waals surface area (Å²) < 4.78 is 2.02. The second-order valence-corrected chi connectivity index (χ2v) is 7.38. The average Bonchev–Trinajstić information content (AvgIpc) is 2.97. The molecule has 1 aliphatic heterocycles. The number of aromatic nitrogens is 2. The Morgan fingerprint density at radius 1 is 1.32 bits per heavy atom. The van der Waals surface area contributed by atoms with Gasteiger partial charge in [-0.05, 0) is 33.8 Å². The van der Waals surface area contributed by atoms with Crippen LogP contribution in [0.4, 0.5) is 5.69 Å². The van der Waals surface area contributed by atoms with Crippen LogP contribution in [0.15, 0.2) is 24.4 Å². The predicted molar refractivity (Wildman–Crippen MR) is 93.5 cm³/mol. The summed E-state index contributed by atoms with van der Waals surface area (Å²) in [6.45, 7) is 8.99. The maximum Gasteiger partial charge on any atom is 0.273 e. The Labute approximate surface area is 146 Å². The topological polar surface area (TPSA) is 81.3 Å². The quantitative estimate of drug-likeness (QED) is 0.620. The van der Waals surface area contributed by atoms with Gasteiger partial charge in [-0.1, -0.05) is 6.07 Å². The van der Waals surface area contributed by atoms with Gasteiger partial charge in [-0.3, -0.25) is 19.6 Å². The first kappa shape index (κ1) is 17.1. The summed E-state index contributed by atoms with van der Waals surface area (Å²) in [5, 5.41) is 15.6. The molecule has 0 radical (unpaired) electrons. The molecule has 2 heterocycles. The third-order valence-corrected chi connectivity index (χ3v) is 4.59. The molecule has 1 aromatic carbocycles. The van der Waals surface area contributed by atoms with Gasteiger partial charge >= 0.3 is 0 Å². The molecule has 1 aliphatic rings. The number of hydrogen-bond acceptors (Lipinski definition) is 4. The van der Waals surface area contributed by atoms with Crippen molar-refractivity contribution < 1.29 is 9.72 Å². The molecule has 0 aliphatic carbocycles. The zero-order valence-electron chi connectivity index (χ0n) is 14.9. The standard InChI is InChI=1S/C18H22N4O3/c1-12-14(6-5-7-15(12)22(24)25)17(23)20-9-8-16-13(11-20)10-19-21(16)18(2,3)4/h5-7,10H,8-9,11H2,1-4H3. The van der Waals surface area contributed by atoms with Crippen LogP contribution in [-0.4, -0.2) is 32.1 Å². The number of amides is 1. The largest absolute Gasteiger partial charge is 0.334 e. The van der Waals surface area contributed by atoms with E-state index in [1.165, 1.54) is 6.07 Å². The van der Waals surface area contributed by atoms with Gasteiger partial charge in [0.2, 0.25) is 0 Å². The summed E-state index contributed by atoms with van der Waals surface area (Å²) in [5.41, 5.74) is 2.87. The first-order valence-corrected chi connectivity index (χ1v) is 8.29. The van der Waals surface area contributed by atoms with E-state index in [1.54, 1.807) is 24.0 Å². The first-order chi connectivity index (χ1) is 11.7. The van der Waals surface area contributed by atoms with Gasteiger partial charge in [0.05, 0.1) is 16.7 Å². The van der Waals surface area contributed by atoms with Crippen molar-refractivity contribution in [3.63, 3.8) is 0 Å². The van der Waals surface area contributed by atoms with E-state index < -0.39 is 4.92 Å². The number of carbonyl (C=O) groups excluding carboxylic acids is 1. The van der Waals surface area contributed by atoms with Gasteiger partial charge in [0.25, 0.3) is 11.6 Å². The van der Waals surface area contributed by atoms with Crippen LogP contribution < -0.4 is 0 Å². The number of hydrogen-bond donors (Lipinski definition) is 0. The molecular formula is C18H22N4O3. The molecular weight excluding hydrogens is 320 g/mol. The maximum absolute atomic E-state index is 12.9. The molecule has 0 spiro atoms. The van der Waals surface area contributed by atoms with E-state index in [9.17, 15) is 14.9 Å². The molecule has 1 aromatic heterocycles. The monoisotopic (exact) mass is 342 g/mol. The lowest BCUT2D eigenvalue weighted by molar-refractivity contribution is -0.385. The smallest absolute Gasteiger partial charge is 0.273 e. The number of nitro benzene ring substituents is 1. The molecule has 0 fully saturated rings. The van der Waals surface area contributed by atoms with Crippen LogP contribution in [0.2, 0.25) is 0 Å². The third-order valence-electron chi connectivity index (χ3n) is 4.59. The third kappa shape index (κ3) is 3.01. The fraction of sp³-hybridized carbons (Fsp3) is 0.444. The Morgan fingerprint density at radius 3 is 2.68 bits per heavy atom. The van der Waals surface area contributed by atoms with E-state index in [0.717, 1.165) is 17.7 Å². The molecule has 2 aromatic rings. The molecule has 132 valence electrons. The highest BCUT2D eigenvalue weighted by molar-refractivity contribution is 5.96. The van der Waals surface area contributed by atoms with Gasteiger partial charge in [0, 0.05) is 48.0 Å². The van der Waals surface area contributed by atoms with Crippen molar-refractivity contribution in [3.8, 4) is 0 Å². The van der Waals surface area contributed by atoms with E-state index in [1.807, 2.05) is 10.9 Å². The summed E-state index contributed by atoms with van der Waals surface area (Å²) in [5.74, 6) is -0.171. The summed E-state index contributed by atoms with van der Waals surface area (Å²) in [4.78, 5) is 25.3. The molecule has 0 atom stereocenters. The number of fused-ring (bicyclic) bond motifs is 1. The molecule has 25 heavy (non-hydrogen) atoms. The van der Waals surface area contributed by atoms with E-state index >= 15 is 0 Å². The summed E-state index contributed by atoms with van der Waals surface area (Å²) in [6, 6.07) is 4.64. The molecule has 7 nitrogen and oxygen atoms in total. The van der Waals surface area contributed by atoms with E-state index in [-0.39, 0.29) is 17.1 Å². The van der Waals surface area contributed by atoms with Crippen LogP contribution in [-0.2, 0) is 18.5 Å². The van der Waals surface area contributed by atoms with E-state index in [4.69, 9.17) is 0 Å².